The highest BCUT2D eigenvalue weighted by atomic mass is 16.3. The minimum Gasteiger partial charge on any atom is -0.394 e. The first kappa shape index (κ1) is 13.5. The number of fused-ring (bicyclic) bond motifs is 1. The Hall–Kier alpha value is -2.51. The lowest BCUT2D eigenvalue weighted by molar-refractivity contribution is 0.0813. The quantitative estimate of drug-likeness (QED) is 0.633. The monoisotopic (exact) mass is 286 g/mol. The first-order valence-corrected chi connectivity index (χ1v) is 6.48. The third kappa shape index (κ3) is 2.56. The summed E-state index contributed by atoms with van der Waals surface area (Å²) in [6.07, 6.45) is 2.33. The van der Waals surface area contributed by atoms with Crippen molar-refractivity contribution in [1.82, 2.24) is 19.5 Å². The van der Waals surface area contributed by atoms with Crippen LogP contribution in [0.5, 0.6) is 0 Å². The highest BCUT2D eigenvalue weighted by Gasteiger charge is 2.13. The average Bonchev–Trinajstić information content (AvgIpc) is 2.83. The van der Waals surface area contributed by atoms with Crippen LogP contribution in [0, 0.1) is 0 Å². The van der Waals surface area contributed by atoms with E-state index in [0.29, 0.717) is 16.9 Å². The second-order valence-corrected chi connectivity index (χ2v) is 4.68. The van der Waals surface area contributed by atoms with E-state index < -0.39 is 12.7 Å². The van der Waals surface area contributed by atoms with Crippen LogP contribution in [0.15, 0.2) is 41.5 Å². The van der Waals surface area contributed by atoms with Gasteiger partial charge >= 0.3 is 5.69 Å². The molecule has 3 heterocycles. The normalized spacial score (nSPS) is 12.7. The third-order valence-corrected chi connectivity index (χ3v) is 3.20. The summed E-state index contributed by atoms with van der Waals surface area (Å²) < 4.78 is 1.32. The Labute approximate surface area is 119 Å². The van der Waals surface area contributed by atoms with E-state index in [0.717, 1.165) is 5.56 Å². The molecule has 21 heavy (non-hydrogen) atoms. The molecule has 0 radical (unpaired) electrons. The van der Waals surface area contributed by atoms with E-state index in [1.165, 1.54) is 4.57 Å². The van der Waals surface area contributed by atoms with Crippen molar-refractivity contribution in [2.45, 2.75) is 12.6 Å². The van der Waals surface area contributed by atoms with Gasteiger partial charge in [-0.2, -0.15) is 0 Å². The van der Waals surface area contributed by atoms with Crippen molar-refractivity contribution in [3.63, 3.8) is 0 Å². The van der Waals surface area contributed by atoms with Crippen LogP contribution in [0.3, 0.4) is 0 Å². The van der Waals surface area contributed by atoms with Gasteiger partial charge in [0.1, 0.15) is 0 Å². The van der Waals surface area contributed by atoms with Crippen molar-refractivity contribution in [2.24, 2.45) is 0 Å². The lowest BCUT2D eigenvalue weighted by Gasteiger charge is -2.08. The van der Waals surface area contributed by atoms with Crippen LogP contribution in [0.25, 0.3) is 22.4 Å². The first-order valence-electron chi connectivity index (χ1n) is 6.48. The van der Waals surface area contributed by atoms with Gasteiger partial charge in [0.05, 0.1) is 30.5 Å². The van der Waals surface area contributed by atoms with Crippen molar-refractivity contribution >= 4 is 11.2 Å². The predicted octanol–water partition coefficient (Wildman–Crippen LogP) is 0.140. The van der Waals surface area contributed by atoms with Gasteiger partial charge in [0, 0.05) is 18.0 Å². The molecule has 0 aromatic carbocycles. The van der Waals surface area contributed by atoms with Crippen LogP contribution >= 0.6 is 0 Å². The lowest BCUT2D eigenvalue weighted by Crippen LogP contribution is -2.27. The van der Waals surface area contributed by atoms with Crippen molar-refractivity contribution in [1.29, 1.82) is 0 Å². The van der Waals surface area contributed by atoms with Crippen molar-refractivity contribution in [2.75, 3.05) is 6.61 Å². The zero-order chi connectivity index (χ0) is 14.8. The van der Waals surface area contributed by atoms with Crippen LogP contribution in [0.1, 0.15) is 0 Å². The maximum atomic E-state index is 11.9. The Morgan fingerprint density at radius 1 is 1.24 bits per heavy atom. The largest absolute Gasteiger partial charge is 0.394 e. The summed E-state index contributed by atoms with van der Waals surface area (Å²) in [5.74, 6) is 0. The molecular formula is C14H14N4O3. The molecule has 0 fully saturated rings. The predicted molar refractivity (Wildman–Crippen MR) is 76.7 cm³/mol. The van der Waals surface area contributed by atoms with Crippen molar-refractivity contribution < 1.29 is 10.2 Å². The van der Waals surface area contributed by atoms with Crippen LogP contribution < -0.4 is 5.69 Å². The van der Waals surface area contributed by atoms with Gasteiger partial charge in [-0.3, -0.25) is 9.55 Å². The number of nitrogens with one attached hydrogen (secondary N) is 1. The van der Waals surface area contributed by atoms with Gasteiger partial charge < -0.3 is 15.2 Å². The van der Waals surface area contributed by atoms with Crippen LogP contribution in [0.2, 0.25) is 0 Å². The number of H-pyrrole nitrogens is 1. The SMILES string of the molecule is O=c1[nH]c2ccc(-c3ccncc3)nc2n1CC(O)CO. The van der Waals surface area contributed by atoms with Crippen LogP contribution in [-0.4, -0.2) is 42.4 Å². The van der Waals surface area contributed by atoms with Crippen LogP contribution in [0.4, 0.5) is 0 Å². The summed E-state index contributed by atoms with van der Waals surface area (Å²) >= 11 is 0. The maximum Gasteiger partial charge on any atom is 0.327 e. The van der Waals surface area contributed by atoms with E-state index in [4.69, 9.17) is 5.11 Å². The highest BCUT2D eigenvalue weighted by Crippen LogP contribution is 2.18. The fourth-order valence-electron chi connectivity index (χ4n) is 2.15. The molecule has 3 N–H and O–H groups in total. The Morgan fingerprint density at radius 3 is 2.71 bits per heavy atom. The van der Waals surface area contributed by atoms with E-state index in [1.54, 1.807) is 24.5 Å². The molecule has 7 heteroatoms. The zero-order valence-corrected chi connectivity index (χ0v) is 11.1. The molecule has 7 nitrogen and oxygen atoms in total. The third-order valence-electron chi connectivity index (χ3n) is 3.20. The number of hydrogen-bond donors (Lipinski definition) is 3. The summed E-state index contributed by atoms with van der Waals surface area (Å²) in [5.41, 5.74) is 2.26. The number of aromatic nitrogens is 4. The second-order valence-electron chi connectivity index (χ2n) is 4.68. The number of nitrogens with zero attached hydrogens (tertiary/aromatic N) is 3. The maximum absolute atomic E-state index is 11.9. The Bertz CT molecular complexity index is 810. The molecule has 0 aliphatic rings. The summed E-state index contributed by atoms with van der Waals surface area (Å²) in [5, 5.41) is 18.5. The van der Waals surface area contributed by atoms with E-state index >= 15 is 0 Å². The summed E-state index contributed by atoms with van der Waals surface area (Å²) in [4.78, 5) is 23.0. The van der Waals surface area contributed by atoms with E-state index in [1.807, 2.05) is 12.1 Å². The average molecular weight is 286 g/mol. The van der Waals surface area contributed by atoms with Crippen LogP contribution in [-0.2, 0) is 6.54 Å². The van der Waals surface area contributed by atoms with Gasteiger partial charge in [0.2, 0.25) is 0 Å². The van der Waals surface area contributed by atoms with Gasteiger partial charge in [-0.1, -0.05) is 0 Å². The molecule has 1 unspecified atom stereocenters. The minimum atomic E-state index is -1.01. The lowest BCUT2D eigenvalue weighted by atomic mass is 10.2. The van der Waals surface area contributed by atoms with Gasteiger partial charge in [0.25, 0.3) is 0 Å². The molecule has 0 aliphatic heterocycles. The minimum absolute atomic E-state index is 0.0118. The molecule has 0 bridgehead atoms. The molecule has 0 aliphatic carbocycles. The number of aromatic amines is 1. The molecule has 0 amide bonds. The number of aliphatic hydroxyl groups is 2. The Kier molecular flexibility index (Phi) is 3.51. The molecule has 0 saturated carbocycles. The summed E-state index contributed by atoms with van der Waals surface area (Å²) in [6.45, 7) is -0.425. The molecule has 3 aromatic rings. The number of pyridine rings is 2. The van der Waals surface area contributed by atoms with E-state index in [9.17, 15) is 9.90 Å². The molecule has 3 rings (SSSR count). The van der Waals surface area contributed by atoms with E-state index in [-0.39, 0.29) is 12.2 Å². The number of aliphatic hydroxyl groups excluding tert-OH is 2. The number of imidazole rings is 1. The molecule has 0 saturated heterocycles. The molecule has 1 atom stereocenters. The van der Waals surface area contributed by atoms with Crippen molar-refractivity contribution in [3.05, 3.63) is 47.1 Å². The topological polar surface area (TPSA) is 104 Å². The van der Waals surface area contributed by atoms with Gasteiger partial charge in [-0.05, 0) is 24.3 Å². The second kappa shape index (κ2) is 5.47. The smallest absolute Gasteiger partial charge is 0.327 e. The summed E-state index contributed by atoms with van der Waals surface area (Å²) in [6, 6.07) is 7.22. The van der Waals surface area contributed by atoms with Gasteiger partial charge in [-0.15, -0.1) is 0 Å². The fraction of sp³-hybridized carbons (Fsp3) is 0.214. The molecule has 3 aromatic heterocycles. The number of rotatable bonds is 4. The van der Waals surface area contributed by atoms with Gasteiger partial charge in [-0.25, -0.2) is 9.78 Å². The fourth-order valence-corrected chi connectivity index (χ4v) is 2.15. The Morgan fingerprint density at radius 2 is 2.00 bits per heavy atom. The molecular weight excluding hydrogens is 272 g/mol. The first-order chi connectivity index (χ1) is 10.2. The number of hydrogen-bond acceptors (Lipinski definition) is 5. The summed E-state index contributed by atoms with van der Waals surface area (Å²) in [7, 11) is 0. The highest BCUT2D eigenvalue weighted by molar-refractivity contribution is 5.75. The molecule has 0 spiro atoms. The standard InChI is InChI=1S/C14H14N4O3/c19-8-10(20)7-18-13-12(17-14(18)21)2-1-11(16-13)9-3-5-15-6-4-9/h1-6,10,19-20H,7-8H2,(H,17,21). The Balaban J connectivity index is 2.12. The van der Waals surface area contributed by atoms with E-state index in [2.05, 4.69) is 15.0 Å². The van der Waals surface area contributed by atoms with Crippen molar-refractivity contribution in [3.8, 4) is 11.3 Å². The zero-order valence-electron chi connectivity index (χ0n) is 11.1. The van der Waals surface area contributed by atoms with Gasteiger partial charge in [0.15, 0.2) is 5.65 Å². The molecule has 108 valence electrons.